The minimum atomic E-state index is -0.415. The zero-order valence-corrected chi connectivity index (χ0v) is 33.4. The highest BCUT2D eigenvalue weighted by Gasteiger charge is 2.28. The van der Waals surface area contributed by atoms with Gasteiger partial charge in [-0.05, 0) is 35.7 Å². The molecule has 2 aromatic rings. The minimum absolute atomic E-state index is 0.0493. The largest absolute Gasteiger partial charge is 0.449 e. The van der Waals surface area contributed by atoms with E-state index >= 15 is 0 Å². The van der Waals surface area contributed by atoms with E-state index in [1.54, 1.807) is 0 Å². The maximum atomic E-state index is 12.3. The fraction of sp³-hybridized carbons (Fsp3) is 0.683. The molecule has 2 aromatic carbocycles. The number of amides is 1. The number of ether oxygens (including phenoxy) is 12. The molecule has 0 aromatic heterocycles. The zero-order chi connectivity index (χ0) is 39.4. The van der Waals surface area contributed by atoms with E-state index in [2.05, 4.69) is 34.9 Å². The molecule has 0 fully saturated rings. The molecule has 0 radical (unpaired) electrons. The fourth-order valence-corrected chi connectivity index (χ4v) is 5.49. The van der Waals surface area contributed by atoms with Gasteiger partial charge in [0.2, 0.25) is 0 Å². The van der Waals surface area contributed by atoms with Crippen molar-refractivity contribution in [3.63, 3.8) is 0 Å². The van der Waals surface area contributed by atoms with Crippen molar-refractivity contribution in [2.24, 2.45) is 0 Å². The molecule has 1 aliphatic rings. The van der Waals surface area contributed by atoms with Gasteiger partial charge in [-0.2, -0.15) is 0 Å². The van der Waals surface area contributed by atoms with Gasteiger partial charge in [0.15, 0.2) is 0 Å². The lowest BCUT2D eigenvalue weighted by atomic mass is 9.98. The number of fused-ring (bicyclic) bond motifs is 3. The molecule has 2 N–H and O–H groups in total. The summed E-state index contributed by atoms with van der Waals surface area (Å²) in [6, 6.07) is 16.6. The smallest absolute Gasteiger partial charge is 0.407 e. The van der Waals surface area contributed by atoms with Crippen LogP contribution in [0.25, 0.3) is 11.1 Å². The molecule has 0 atom stereocenters. The molecule has 0 heterocycles. The molecular formula is C41H66N2O13. The Labute approximate surface area is 333 Å². The van der Waals surface area contributed by atoms with Crippen molar-refractivity contribution in [1.82, 2.24) is 10.6 Å². The van der Waals surface area contributed by atoms with Gasteiger partial charge in [-0.25, -0.2) is 4.79 Å². The second kappa shape index (κ2) is 34.3. The van der Waals surface area contributed by atoms with Gasteiger partial charge in [-0.15, -0.1) is 0 Å². The number of carbonyl (C=O) groups excluding carboxylic acids is 1. The molecule has 1 amide bonds. The number of carbonyl (C=O) groups is 1. The van der Waals surface area contributed by atoms with Crippen molar-refractivity contribution in [2.75, 3.05) is 172 Å². The van der Waals surface area contributed by atoms with Crippen LogP contribution in [0.2, 0.25) is 0 Å². The summed E-state index contributed by atoms with van der Waals surface area (Å²) in [7, 11) is 1.89. The summed E-state index contributed by atoms with van der Waals surface area (Å²) in [6.07, 6.45) is 0.270. The highest BCUT2D eigenvalue weighted by Crippen LogP contribution is 2.44. The van der Waals surface area contributed by atoms with Gasteiger partial charge in [0, 0.05) is 25.6 Å². The maximum absolute atomic E-state index is 12.3. The van der Waals surface area contributed by atoms with Gasteiger partial charge in [0.1, 0.15) is 6.61 Å². The van der Waals surface area contributed by atoms with Crippen molar-refractivity contribution in [2.45, 2.75) is 12.3 Å². The van der Waals surface area contributed by atoms with Crippen molar-refractivity contribution in [3.05, 3.63) is 59.7 Å². The Bertz CT molecular complexity index is 1180. The third-order valence-electron chi connectivity index (χ3n) is 8.29. The molecule has 0 spiro atoms. The number of rotatable bonds is 39. The van der Waals surface area contributed by atoms with E-state index in [0.29, 0.717) is 165 Å². The predicted molar refractivity (Wildman–Crippen MR) is 211 cm³/mol. The highest BCUT2D eigenvalue weighted by atomic mass is 16.6. The molecule has 56 heavy (non-hydrogen) atoms. The predicted octanol–water partition coefficient (Wildman–Crippen LogP) is 3.32. The van der Waals surface area contributed by atoms with Crippen molar-refractivity contribution in [3.8, 4) is 11.1 Å². The number of hydrogen-bond acceptors (Lipinski definition) is 14. The summed E-state index contributed by atoms with van der Waals surface area (Å²) in [5.74, 6) is 0.0493. The van der Waals surface area contributed by atoms with Crippen LogP contribution in [0.5, 0.6) is 0 Å². The SMILES string of the molecule is CNCCOCCOCCOCCOCCOCCOCCOCCOCCOCCOCCOCCCNC(=O)OCC1c2ccccc2-c2ccccc21. The summed E-state index contributed by atoms with van der Waals surface area (Å²) in [4.78, 5) is 12.3. The summed E-state index contributed by atoms with van der Waals surface area (Å²) in [6.45, 7) is 13.0. The third-order valence-corrected chi connectivity index (χ3v) is 8.29. The highest BCUT2D eigenvalue weighted by molar-refractivity contribution is 5.79. The Hall–Kier alpha value is -2.77. The Morgan fingerprint density at radius 2 is 0.768 bits per heavy atom. The summed E-state index contributed by atoms with van der Waals surface area (Å²) in [5, 5.41) is 5.83. The molecule has 0 unspecified atom stereocenters. The Morgan fingerprint density at radius 1 is 0.446 bits per heavy atom. The standard InChI is InChI=1S/C41H66N2O13/c1-42-12-14-46-16-18-48-20-22-50-24-26-52-28-30-54-32-34-55-33-31-53-29-27-51-25-23-49-21-19-47-17-15-45-13-6-11-43-41(44)56-35-40-38-9-4-2-7-36(38)37-8-3-5-10-39(37)40/h2-5,7-10,40,42H,6,11-35H2,1H3,(H,43,44). The fourth-order valence-electron chi connectivity index (χ4n) is 5.49. The van der Waals surface area contributed by atoms with Crippen LogP contribution in [0.4, 0.5) is 4.79 Å². The van der Waals surface area contributed by atoms with Crippen molar-refractivity contribution in [1.29, 1.82) is 0 Å². The van der Waals surface area contributed by atoms with Crippen LogP contribution in [0.1, 0.15) is 23.5 Å². The number of likely N-dealkylation sites (N-methyl/N-ethyl adjacent to an activating group) is 1. The van der Waals surface area contributed by atoms with E-state index in [-0.39, 0.29) is 5.92 Å². The van der Waals surface area contributed by atoms with Crippen molar-refractivity contribution >= 4 is 6.09 Å². The van der Waals surface area contributed by atoms with Crippen molar-refractivity contribution < 1.29 is 61.6 Å². The molecule has 1 aliphatic carbocycles. The Kier molecular flexibility index (Phi) is 29.1. The number of benzene rings is 2. The second-order valence-corrected chi connectivity index (χ2v) is 12.4. The van der Waals surface area contributed by atoms with Crippen LogP contribution in [0.3, 0.4) is 0 Å². The lowest BCUT2D eigenvalue weighted by molar-refractivity contribution is -0.0274. The van der Waals surface area contributed by atoms with E-state index in [1.807, 2.05) is 31.3 Å². The quantitative estimate of drug-likeness (QED) is 0.0953. The molecule has 15 nitrogen and oxygen atoms in total. The van der Waals surface area contributed by atoms with Crippen LogP contribution in [-0.4, -0.2) is 178 Å². The molecule has 3 rings (SSSR count). The van der Waals surface area contributed by atoms with E-state index in [1.165, 1.54) is 22.3 Å². The van der Waals surface area contributed by atoms with Gasteiger partial charge in [-0.1, -0.05) is 48.5 Å². The summed E-state index contributed by atoms with van der Waals surface area (Å²) >= 11 is 0. The van der Waals surface area contributed by atoms with Crippen LogP contribution in [0.15, 0.2) is 48.5 Å². The van der Waals surface area contributed by atoms with Gasteiger partial charge in [0.25, 0.3) is 0 Å². The molecular weight excluding hydrogens is 728 g/mol. The van der Waals surface area contributed by atoms with E-state index in [9.17, 15) is 4.79 Å². The van der Waals surface area contributed by atoms with Gasteiger partial charge >= 0.3 is 6.09 Å². The average molecular weight is 795 g/mol. The van der Waals surface area contributed by atoms with E-state index < -0.39 is 6.09 Å². The third kappa shape index (κ3) is 22.8. The molecule has 0 aliphatic heterocycles. The van der Waals surface area contributed by atoms with Crippen LogP contribution in [0, 0.1) is 0 Å². The average Bonchev–Trinajstić information content (AvgIpc) is 3.54. The number of nitrogens with one attached hydrogen (secondary N) is 2. The lowest BCUT2D eigenvalue weighted by Crippen LogP contribution is -2.27. The van der Waals surface area contributed by atoms with Crippen LogP contribution >= 0.6 is 0 Å². The number of alkyl carbamates (subject to hydrolysis) is 1. The minimum Gasteiger partial charge on any atom is -0.449 e. The summed E-state index contributed by atoms with van der Waals surface area (Å²) < 4.78 is 65.9. The Balaban J connectivity index is 0.936. The zero-order valence-electron chi connectivity index (χ0n) is 33.4. The molecule has 318 valence electrons. The van der Waals surface area contributed by atoms with Crippen LogP contribution < -0.4 is 10.6 Å². The van der Waals surface area contributed by atoms with Gasteiger partial charge < -0.3 is 67.5 Å². The van der Waals surface area contributed by atoms with E-state index in [0.717, 1.165) is 6.54 Å². The van der Waals surface area contributed by atoms with E-state index in [4.69, 9.17) is 56.8 Å². The normalized spacial score (nSPS) is 12.2. The van der Waals surface area contributed by atoms with Gasteiger partial charge in [0.05, 0.1) is 139 Å². The van der Waals surface area contributed by atoms with Gasteiger partial charge in [-0.3, -0.25) is 0 Å². The van der Waals surface area contributed by atoms with Crippen LogP contribution in [-0.2, 0) is 56.8 Å². The first-order valence-corrected chi connectivity index (χ1v) is 19.9. The summed E-state index contributed by atoms with van der Waals surface area (Å²) in [5.41, 5.74) is 4.81. The maximum Gasteiger partial charge on any atom is 0.407 e. The molecule has 0 saturated carbocycles. The lowest BCUT2D eigenvalue weighted by Gasteiger charge is -2.14. The molecule has 0 bridgehead atoms. The topological polar surface area (TPSA) is 152 Å². The number of hydrogen-bond donors (Lipinski definition) is 2. The molecule has 0 saturated heterocycles. The first-order valence-electron chi connectivity index (χ1n) is 19.9. The monoisotopic (exact) mass is 794 g/mol. The first kappa shape index (κ1) is 47.6. The first-order chi connectivity index (χ1) is 27.8. The molecule has 15 heteroatoms. The Morgan fingerprint density at radius 3 is 1.12 bits per heavy atom. The second-order valence-electron chi connectivity index (χ2n) is 12.4.